The third-order valence-electron chi connectivity index (χ3n) is 3.24. The number of hydrogen-bond acceptors (Lipinski definition) is 2. The number of hydrogen-bond donors (Lipinski definition) is 1. The van der Waals surface area contributed by atoms with Crippen molar-refractivity contribution < 1.29 is 0 Å². The van der Waals surface area contributed by atoms with Crippen molar-refractivity contribution in [2.45, 2.75) is 31.2 Å². The van der Waals surface area contributed by atoms with Crippen LogP contribution in [0.3, 0.4) is 0 Å². The largest absolute Gasteiger partial charge is 0.325 e. The molecule has 1 saturated carbocycles. The third kappa shape index (κ3) is 1.92. The van der Waals surface area contributed by atoms with Crippen LogP contribution in [0, 0.1) is 0 Å². The second kappa shape index (κ2) is 3.32. The van der Waals surface area contributed by atoms with Crippen LogP contribution in [0.25, 0.3) is 10.1 Å². The van der Waals surface area contributed by atoms with Crippen molar-refractivity contribution in [3.8, 4) is 0 Å². The quantitative estimate of drug-likeness (QED) is 0.838. The van der Waals surface area contributed by atoms with Gasteiger partial charge in [0.05, 0.1) is 0 Å². The van der Waals surface area contributed by atoms with Gasteiger partial charge in [-0.2, -0.15) is 0 Å². The summed E-state index contributed by atoms with van der Waals surface area (Å²) in [6.07, 6.45) is 4.74. The zero-order valence-electron chi connectivity index (χ0n) is 8.70. The molecule has 0 aliphatic heterocycles. The smallest absolute Gasteiger partial charge is 0.0345 e. The van der Waals surface area contributed by atoms with Crippen molar-refractivity contribution in [2.75, 3.05) is 0 Å². The van der Waals surface area contributed by atoms with E-state index in [1.165, 1.54) is 27.8 Å². The highest BCUT2D eigenvalue weighted by Gasteiger charge is 2.37. The molecule has 1 heterocycles. The summed E-state index contributed by atoms with van der Waals surface area (Å²) in [4.78, 5) is 1.48. The first-order valence-corrected chi connectivity index (χ1v) is 6.33. The van der Waals surface area contributed by atoms with Crippen LogP contribution in [-0.2, 0) is 6.42 Å². The van der Waals surface area contributed by atoms with Crippen LogP contribution >= 0.6 is 11.3 Å². The lowest BCUT2D eigenvalue weighted by atomic mass is 10.1. The molecule has 0 spiro atoms. The Hall–Kier alpha value is -0.860. The Bertz CT molecular complexity index is 449. The number of aryl methyl sites for hydroxylation is 1. The van der Waals surface area contributed by atoms with Crippen molar-refractivity contribution in [2.24, 2.45) is 5.73 Å². The van der Waals surface area contributed by atoms with Gasteiger partial charge in [0.2, 0.25) is 0 Å². The standard InChI is InChI=1S/C13H15NS/c14-13(7-8-13)6-5-11-9-10-3-1-2-4-12(10)15-11/h1-4,9H,5-8,14H2. The molecule has 1 aliphatic carbocycles. The summed E-state index contributed by atoms with van der Waals surface area (Å²) in [7, 11) is 0. The van der Waals surface area contributed by atoms with Crippen molar-refractivity contribution in [1.82, 2.24) is 0 Å². The van der Waals surface area contributed by atoms with Gasteiger partial charge in [-0.15, -0.1) is 11.3 Å². The summed E-state index contributed by atoms with van der Waals surface area (Å²) >= 11 is 1.91. The molecule has 1 aromatic heterocycles. The van der Waals surface area contributed by atoms with Gasteiger partial charge in [0.15, 0.2) is 0 Å². The van der Waals surface area contributed by atoms with E-state index >= 15 is 0 Å². The molecule has 15 heavy (non-hydrogen) atoms. The van der Waals surface area contributed by atoms with Gasteiger partial charge in [0, 0.05) is 15.1 Å². The molecular weight excluding hydrogens is 202 g/mol. The number of benzene rings is 1. The first-order chi connectivity index (χ1) is 7.25. The fourth-order valence-electron chi connectivity index (χ4n) is 1.94. The van der Waals surface area contributed by atoms with E-state index in [1.807, 2.05) is 11.3 Å². The van der Waals surface area contributed by atoms with Crippen LogP contribution in [0.4, 0.5) is 0 Å². The minimum Gasteiger partial charge on any atom is -0.325 e. The van der Waals surface area contributed by atoms with Gasteiger partial charge in [-0.1, -0.05) is 18.2 Å². The molecule has 1 nitrogen and oxygen atoms in total. The van der Waals surface area contributed by atoms with Crippen LogP contribution in [0.2, 0.25) is 0 Å². The third-order valence-corrected chi connectivity index (χ3v) is 4.41. The fourth-order valence-corrected chi connectivity index (χ4v) is 3.01. The average molecular weight is 217 g/mol. The second-order valence-electron chi connectivity index (χ2n) is 4.61. The Morgan fingerprint density at radius 1 is 1.27 bits per heavy atom. The molecule has 0 amide bonds. The maximum absolute atomic E-state index is 6.09. The topological polar surface area (TPSA) is 26.0 Å². The van der Waals surface area contributed by atoms with Crippen LogP contribution in [-0.4, -0.2) is 5.54 Å². The minimum absolute atomic E-state index is 0.191. The monoisotopic (exact) mass is 217 g/mol. The number of thiophene rings is 1. The molecule has 2 N–H and O–H groups in total. The highest BCUT2D eigenvalue weighted by Crippen LogP contribution is 2.37. The van der Waals surface area contributed by atoms with E-state index in [-0.39, 0.29) is 5.54 Å². The molecule has 1 aromatic carbocycles. The zero-order valence-corrected chi connectivity index (χ0v) is 9.52. The summed E-state index contributed by atoms with van der Waals surface area (Å²) in [5.74, 6) is 0. The Morgan fingerprint density at radius 3 is 2.80 bits per heavy atom. The predicted molar refractivity (Wildman–Crippen MR) is 66.3 cm³/mol. The summed E-state index contributed by atoms with van der Waals surface area (Å²) in [6, 6.07) is 10.9. The first-order valence-electron chi connectivity index (χ1n) is 5.52. The Kier molecular flexibility index (Phi) is 2.08. The molecule has 0 saturated heterocycles. The molecule has 2 aromatic rings. The maximum atomic E-state index is 6.09. The van der Waals surface area contributed by atoms with Crippen molar-refractivity contribution in [3.05, 3.63) is 35.2 Å². The van der Waals surface area contributed by atoms with Gasteiger partial charge in [-0.25, -0.2) is 0 Å². The van der Waals surface area contributed by atoms with E-state index in [0.29, 0.717) is 0 Å². The van der Waals surface area contributed by atoms with Gasteiger partial charge in [-0.05, 0) is 43.2 Å². The Balaban J connectivity index is 1.79. The van der Waals surface area contributed by atoms with E-state index in [2.05, 4.69) is 30.3 Å². The van der Waals surface area contributed by atoms with E-state index in [4.69, 9.17) is 5.73 Å². The molecule has 0 unspecified atom stereocenters. The summed E-state index contributed by atoms with van der Waals surface area (Å²) in [6.45, 7) is 0. The average Bonchev–Trinajstić information content (AvgIpc) is 2.83. The SMILES string of the molecule is NC1(CCc2cc3ccccc3s2)CC1. The minimum atomic E-state index is 0.191. The number of rotatable bonds is 3. The van der Waals surface area contributed by atoms with Gasteiger partial charge < -0.3 is 5.73 Å². The highest BCUT2D eigenvalue weighted by atomic mass is 32.1. The molecular formula is C13H15NS. The molecule has 2 heteroatoms. The zero-order chi connectivity index (χ0) is 10.3. The van der Waals surface area contributed by atoms with Crippen LogP contribution in [0.15, 0.2) is 30.3 Å². The summed E-state index contributed by atoms with van der Waals surface area (Å²) in [5.41, 5.74) is 6.28. The highest BCUT2D eigenvalue weighted by molar-refractivity contribution is 7.19. The van der Waals surface area contributed by atoms with Gasteiger partial charge >= 0.3 is 0 Å². The van der Waals surface area contributed by atoms with Gasteiger partial charge in [0.25, 0.3) is 0 Å². The molecule has 3 rings (SSSR count). The molecule has 1 fully saturated rings. The maximum Gasteiger partial charge on any atom is 0.0345 e. The molecule has 0 bridgehead atoms. The van der Waals surface area contributed by atoms with Crippen LogP contribution in [0.5, 0.6) is 0 Å². The van der Waals surface area contributed by atoms with E-state index < -0.39 is 0 Å². The normalized spacial score (nSPS) is 18.2. The summed E-state index contributed by atoms with van der Waals surface area (Å²) < 4.78 is 1.40. The molecule has 0 atom stereocenters. The van der Waals surface area contributed by atoms with Crippen LogP contribution < -0.4 is 5.73 Å². The summed E-state index contributed by atoms with van der Waals surface area (Å²) in [5, 5.41) is 1.37. The Morgan fingerprint density at radius 2 is 2.07 bits per heavy atom. The molecule has 78 valence electrons. The van der Waals surface area contributed by atoms with E-state index in [1.54, 1.807) is 0 Å². The lowest BCUT2D eigenvalue weighted by Crippen LogP contribution is -2.21. The van der Waals surface area contributed by atoms with Gasteiger partial charge in [-0.3, -0.25) is 0 Å². The Labute approximate surface area is 93.9 Å². The predicted octanol–water partition coefficient (Wildman–Crippen LogP) is 3.33. The fraction of sp³-hybridized carbons (Fsp3) is 0.385. The van der Waals surface area contributed by atoms with E-state index in [0.717, 1.165) is 12.8 Å². The van der Waals surface area contributed by atoms with Gasteiger partial charge in [0.1, 0.15) is 0 Å². The van der Waals surface area contributed by atoms with Crippen molar-refractivity contribution >= 4 is 21.4 Å². The number of nitrogens with two attached hydrogens (primary N) is 1. The molecule has 0 radical (unpaired) electrons. The number of fused-ring (bicyclic) bond motifs is 1. The van der Waals surface area contributed by atoms with E-state index in [9.17, 15) is 0 Å². The lowest BCUT2D eigenvalue weighted by molar-refractivity contribution is 0.613. The first kappa shape index (κ1) is 9.37. The second-order valence-corrected chi connectivity index (χ2v) is 5.78. The molecule has 1 aliphatic rings. The lowest BCUT2D eigenvalue weighted by Gasteiger charge is -2.05. The van der Waals surface area contributed by atoms with Crippen molar-refractivity contribution in [3.63, 3.8) is 0 Å². The van der Waals surface area contributed by atoms with Crippen LogP contribution in [0.1, 0.15) is 24.1 Å². The van der Waals surface area contributed by atoms with Crippen molar-refractivity contribution in [1.29, 1.82) is 0 Å².